The molecule has 0 amide bonds. The molecular weight excluding hydrogens is 256 g/mol. The Balaban J connectivity index is 2.34. The number of ether oxygens (including phenoxy) is 2. The summed E-state index contributed by atoms with van der Waals surface area (Å²) < 4.78 is 10.2. The fraction of sp³-hybridized carbons (Fsp3) is 0.308. The molecule has 0 spiro atoms. The standard InChI is InChI=1S/C13H13ClO4/c1-13(2)17-11(15)9(12(16)18-13)7-8-5-3-4-6-10(8)14/h3-7,11,15H,1-2H3/b9-7-/t11-/m0/s1. The molecule has 0 saturated carbocycles. The Kier molecular flexibility index (Phi) is 3.43. The Bertz CT molecular complexity index is 507. The summed E-state index contributed by atoms with van der Waals surface area (Å²) in [6.45, 7) is 3.11. The van der Waals surface area contributed by atoms with Gasteiger partial charge in [-0.2, -0.15) is 0 Å². The van der Waals surface area contributed by atoms with Gasteiger partial charge in [-0.25, -0.2) is 4.79 Å². The Morgan fingerprint density at radius 3 is 2.67 bits per heavy atom. The number of halogens is 1. The molecule has 18 heavy (non-hydrogen) atoms. The van der Waals surface area contributed by atoms with Crippen molar-refractivity contribution in [2.45, 2.75) is 25.9 Å². The van der Waals surface area contributed by atoms with Gasteiger partial charge in [0.2, 0.25) is 5.79 Å². The van der Waals surface area contributed by atoms with Crippen LogP contribution in [-0.2, 0) is 14.3 Å². The van der Waals surface area contributed by atoms with Crippen molar-refractivity contribution in [2.24, 2.45) is 0 Å². The normalized spacial score (nSPS) is 25.0. The maximum atomic E-state index is 11.8. The largest absolute Gasteiger partial charge is 0.430 e. The first-order chi connectivity index (χ1) is 8.39. The van der Waals surface area contributed by atoms with Gasteiger partial charge < -0.3 is 14.6 Å². The number of hydrogen-bond donors (Lipinski definition) is 1. The zero-order chi connectivity index (χ0) is 13.3. The molecule has 96 valence electrons. The lowest BCUT2D eigenvalue weighted by Gasteiger charge is -2.34. The molecule has 1 heterocycles. The van der Waals surface area contributed by atoms with E-state index in [9.17, 15) is 9.90 Å². The van der Waals surface area contributed by atoms with E-state index in [0.29, 0.717) is 10.6 Å². The Hall–Kier alpha value is -1.36. The molecule has 0 radical (unpaired) electrons. The lowest BCUT2D eigenvalue weighted by atomic mass is 10.1. The van der Waals surface area contributed by atoms with E-state index in [0.717, 1.165) is 0 Å². The van der Waals surface area contributed by atoms with Crippen molar-refractivity contribution in [3.8, 4) is 0 Å². The van der Waals surface area contributed by atoms with Crippen molar-refractivity contribution in [3.63, 3.8) is 0 Å². The van der Waals surface area contributed by atoms with Crippen LogP contribution in [-0.4, -0.2) is 23.2 Å². The predicted molar refractivity (Wildman–Crippen MR) is 66.7 cm³/mol. The summed E-state index contributed by atoms with van der Waals surface area (Å²) in [5, 5.41) is 10.3. The summed E-state index contributed by atoms with van der Waals surface area (Å²) >= 11 is 5.98. The number of aliphatic hydroxyl groups is 1. The lowest BCUT2D eigenvalue weighted by Crippen LogP contribution is -2.44. The van der Waals surface area contributed by atoms with Gasteiger partial charge in [-0.05, 0) is 17.7 Å². The number of cyclic esters (lactones) is 1. The molecule has 0 aromatic heterocycles. The minimum absolute atomic E-state index is 0.0300. The van der Waals surface area contributed by atoms with E-state index in [1.165, 1.54) is 6.08 Å². The highest BCUT2D eigenvalue weighted by molar-refractivity contribution is 6.32. The van der Waals surface area contributed by atoms with Gasteiger partial charge in [0.05, 0.1) is 5.57 Å². The van der Waals surface area contributed by atoms with Crippen molar-refractivity contribution >= 4 is 23.6 Å². The van der Waals surface area contributed by atoms with Gasteiger partial charge in [0, 0.05) is 18.9 Å². The van der Waals surface area contributed by atoms with Gasteiger partial charge in [0.1, 0.15) is 0 Å². The van der Waals surface area contributed by atoms with Crippen molar-refractivity contribution in [1.82, 2.24) is 0 Å². The minimum atomic E-state index is -1.32. The summed E-state index contributed by atoms with van der Waals surface area (Å²) in [5.41, 5.74) is 0.649. The summed E-state index contributed by atoms with van der Waals surface area (Å²) in [6, 6.07) is 6.98. The Labute approximate surface area is 110 Å². The average Bonchev–Trinajstić information content (AvgIpc) is 2.24. The molecule has 1 saturated heterocycles. The van der Waals surface area contributed by atoms with E-state index < -0.39 is 18.0 Å². The molecule has 0 unspecified atom stereocenters. The molecule has 1 atom stereocenters. The van der Waals surface area contributed by atoms with Crippen LogP contribution in [0, 0.1) is 0 Å². The molecular formula is C13H13ClO4. The van der Waals surface area contributed by atoms with E-state index in [1.54, 1.807) is 38.1 Å². The van der Waals surface area contributed by atoms with Crippen molar-refractivity contribution < 1.29 is 19.4 Å². The number of esters is 1. The number of rotatable bonds is 1. The molecule has 5 heteroatoms. The zero-order valence-electron chi connectivity index (χ0n) is 10.0. The monoisotopic (exact) mass is 268 g/mol. The number of aliphatic hydroxyl groups excluding tert-OH is 1. The fourth-order valence-corrected chi connectivity index (χ4v) is 1.82. The van der Waals surface area contributed by atoms with Gasteiger partial charge in [0.25, 0.3) is 0 Å². The molecule has 0 aliphatic carbocycles. The van der Waals surface area contributed by atoms with Gasteiger partial charge in [-0.3, -0.25) is 0 Å². The van der Waals surface area contributed by atoms with Crippen LogP contribution in [0.2, 0.25) is 5.02 Å². The van der Waals surface area contributed by atoms with E-state index in [1.807, 2.05) is 0 Å². The smallest absolute Gasteiger partial charge is 0.341 e. The summed E-state index contributed by atoms with van der Waals surface area (Å²) in [7, 11) is 0. The van der Waals surface area contributed by atoms with Crippen molar-refractivity contribution in [1.29, 1.82) is 0 Å². The van der Waals surface area contributed by atoms with Crippen LogP contribution in [0.3, 0.4) is 0 Å². The number of carbonyl (C=O) groups is 1. The highest BCUT2D eigenvalue weighted by Crippen LogP contribution is 2.28. The molecule has 1 aromatic carbocycles. The third kappa shape index (κ3) is 2.72. The van der Waals surface area contributed by atoms with Crippen LogP contribution in [0.25, 0.3) is 6.08 Å². The third-order valence-corrected chi connectivity index (χ3v) is 2.80. The van der Waals surface area contributed by atoms with E-state index in [-0.39, 0.29) is 5.57 Å². The van der Waals surface area contributed by atoms with Crippen LogP contribution < -0.4 is 0 Å². The topological polar surface area (TPSA) is 55.8 Å². The van der Waals surface area contributed by atoms with E-state index in [2.05, 4.69) is 0 Å². The number of benzene rings is 1. The molecule has 0 bridgehead atoms. The minimum Gasteiger partial charge on any atom is -0.430 e. The second-order valence-electron chi connectivity index (χ2n) is 4.38. The molecule has 1 N–H and O–H groups in total. The molecule has 4 nitrogen and oxygen atoms in total. The molecule has 1 aromatic rings. The maximum Gasteiger partial charge on any atom is 0.341 e. The fourth-order valence-electron chi connectivity index (χ4n) is 1.63. The molecule has 1 aliphatic rings. The second kappa shape index (κ2) is 4.72. The van der Waals surface area contributed by atoms with Gasteiger partial charge in [-0.15, -0.1) is 0 Å². The van der Waals surface area contributed by atoms with Crippen LogP contribution in [0.5, 0.6) is 0 Å². The van der Waals surface area contributed by atoms with Gasteiger partial charge >= 0.3 is 5.97 Å². The predicted octanol–water partition coefficient (Wildman–Crippen LogP) is 2.35. The maximum absolute atomic E-state index is 11.8. The van der Waals surface area contributed by atoms with Gasteiger partial charge in [-0.1, -0.05) is 29.8 Å². The van der Waals surface area contributed by atoms with E-state index in [4.69, 9.17) is 21.1 Å². The van der Waals surface area contributed by atoms with Crippen LogP contribution in [0.1, 0.15) is 19.4 Å². The molecule has 1 aliphatic heterocycles. The highest BCUT2D eigenvalue weighted by atomic mass is 35.5. The third-order valence-electron chi connectivity index (χ3n) is 2.45. The average molecular weight is 269 g/mol. The van der Waals surface area contributed by atoms with Crippen molar-refractivity contribution in [2.75, 3.05) is 0 Å². The van der Waals surface area contributed by atoms with Gasteiger partial charge in [0.15, 0.2) is 6.29 Å². The number of hydrogen-bond acceptors (Lipinski definition) is 4. The summed E-state index contributed by atoms with van der Waals surface area (Å²) in [4.78, 5) is 11.8. The van der Waals surface area contributed by atoms with Crippen LogP contribution >= 0.6 is 11.6 Å². The Morgan fingerprint density at radius 2 is 2.06 bits per heavy atom. The molecule has 2 rings (SSSR count). The highest BCUT2D eigenvalue weighted by Gasteiger charge is 2.38. The first kappa shape index (κ1) is 13.1. The van der Waals surface area contributed by atoms with Crippen molar-refractivity contribution in [3.05, 3.63) is 40.4 Å². The first-order valence-electron chi connectivity index (χ1n) is 5.44. The zero-order valence-corrected chi connectivity index (χ0v) is 10.8. The summed E-state index contributed by atoms with van der Waals surface area (Å²) in [5.74, 6) is -1.74. The second-order valence-corrected chi connectivity index (χ2v) is 4.79. The number of carbonyl (C=O) groups excluding carboxylic acids is 1. The molecule has 1 fully saturated rings. The van der Waals surface area contributed by atoms with Crippen LogP contribution in [0.4, 0.5) is 0 Å². The summed E-state index contributed by atoms with van der Waals surface area (Å²) in [6.07, 6.45) is 0.141. The quantitative estimate of drug-likeness (QED) is 0.627. The first-order valence-corrected chi connectivity index (χ1v) is 5.82. The Morgan fingerprint density at radius 1 is 1.39 bits per heavy atom. The lowest BCUT2D eigenvalue weighted by molar-refractivity contribution is -0.279. The van der Waals surface area contributed by atoms with Crippen LogP contribution in [0.15, 0.2) is 29.8 Å². The van der Waals surface area contributed by atoms with E-state index >= 15 is 0 Å². The SMILES string of the molecule is CC1(C)OC(=O)/C(=C\c2ccccc2Cl)[C@@H](O)O1.